The second kappa shape index (κ2) is 7.61. The van der Waals surface area contributed by atoms with Gasteiger partial charge in [0.05, 0.1) is 29.8 Å². The number of aromatic nitrogens is 3. The fourth-order valence-electron chi connectivity index (χ4n) is 3.67. The lowest BCUT2D eigenvalue weighted by atomic mass is 10.0. The molecular formula is C23H20N4O3. The molecule has 2 aromatic heterocycles. The first kappa shape index (κ1) is 18.3. The average molecular weight is 400 g/mol. The lowest BCUT2D eigenvalue weighted by Crippen LogP contribution is -2.40. The number of rotatable bonds is 3. The molecule has 7 nitrogen and oxygen atoms in total. The molecule has 0 saturated carbocycles. The SMILES string of the molecule is O=C(c1ccc2nc(-c3cc(-c4ccncc4)ccc3O)[nH]c2c1)N1CCOCC1. The first-order valence-corrected chi connectivity index (χ1v) is 9.79. The number of aromatic amines is 1. The minimum absolute atomic E-state index is 0.0149. The van der Waals surface area contributed by atoms with Crippen molar-refractivity contribution in [1.82, 2.24) is 19.9 Å². The standard InChI is InChI=1S/C23H20N4O3/c28-21-4-2-16(15-5-7-24-8-6-15)13-18(21)22-25-19-3-1-17(14-20(19)26-22)23(29)27-9-11-30-12-10-27/h1-8,13-14,28H,9-12H2,(H,25,26). The summed E-state index contributed by atoms with van der Waals surface area (Å²) < 4.78 is 5.32. The Morgan fingerprint density at radius 1 is 1.00 bits per heavy atom. The maximum absolute atomic E-state index is 12.8. The highest BCUT2D eigenvalue weighted by Crippen LogP contribution is 2.33. The molecule has 0 spiro atoms. The molecule has 7 heteroatoms. The molecule has 1 aliphatic heterocycles. The summed E-state index contributed by atoms with van der Waals surface area (Å²) in [5.41, 5.74) is 4.64. The molecule has 1 fully saturated rings. The molecule has 0 bridgehead atoms. The number of aromatic hydroxyl groups is 1. The number of hydrogen-bond donors (Lipinski definition) is 2. The van der Waals surface area contributed by atoms with Crippen LogP contribution in [0, 0.1) is 0 Å². The number of hydrogen-bond acceptors (Lipinski definition) is 5. The number of morpholine rings is 1. The Bertz CT molecular complexity index is 1210. The fraction of sp³-hybridized carbons (Fsp3) is 0.174. The van der Waals surface area contributed by atoms with Crippen LogP contribution in [0.15, 0.2) is 60.9 Å². The van der Waals surface area contributed by atoms with Crippen molar-refractivity contribution in [3.8, 4) is 28.3 Å². The monoisotopic (exact) mass is 400 g/mol. The van der Waals surface area contributed by atoms with Gasteiger partial charge in [-0.25, -0.2) is 4.98 Å². The van der Waals surface area contributed by atoms with E-state index in [1.807, 2.05) is 36.4 Å². The summed E-state index contributed by atoms with van der Waals surface area (Å²) in [4.78, 5) is 26.5. The van der Waals surface area contributed by atoms with Crippen LogP contribution in [0.3, 0.4) is 0 Å². The van der Waals surface area contributed by atoms with Crippen molar-refractivity contribution in [2.45, 2.75) is 0 Å². The number of carbonyl (C=O) groups excluding carboxylic acids is 1. The highest BCUT2D eigenvalue weighted by molar-refractivity contribution is 5.98. The van der Waals surface area contributed by atoms with E-state index >= 15 is 0 Å². The van der Waals surface area contributed by atoms with Crippen molar-refractivity contribution < 1.29 is 14.6 Å². The Morgan fingerprint density at radius 2 is 1.80 bits per heavy atom. The molecule has 3 heterocycles. The number of imidazole rings is 1. The molecule has 1 amide bonds. The molecule has 1 saturated heterocycles. The highest BCUT2D eigenvalue weighted by Gasteiger charge is 2.19. The van der Waals surface area contributed by atoms with E-state index in [0.717, 1.165) is 22.2 Å². The predicted octanol–water partition coefficient (Wildman–Crippen LogP) is 3.47. The third-order valence-corrected chi connectivity index (χ3v) is 5.29. The highest BCUT2D eigenvalue weighted by atomic mass is 16.5. The zero-order valence-electron chi connectivity index (χ0n) is 16.2. The zero-order chi connectivity index (χ0) is 20.5. The number of nitrogens with zero attached hydrogens (tertiary/aromatic N) is 3. The van der Waals surface area contributed by atoms with Crippen LogP contribution in [0.5, 0.6) is 5.75 Å². The summed E-state index contributed by atoms with van der Waals surface area (Å²) in [5, 5.41) is 10.4. The Kier molecular flexibility index (Phi) is 4.65. The molecule has 2 aromatic carbocycles. The number of amides is 1. The third-order valence-electron chi connectivity index (χ3n) is 5.29. The molecule has 150 valence electrons. The van der Waals surface area contributed by atoms with Gasteiger partial charge in [-0.3, -0.25) is 9.78 Å². The third kappa shape index (κ3) is 3.40. The molecule has 0 radical (unpaired) electrons. The fourth-order valence-corrected chi connectivity index (χ4v) is 3.67. The molecule has 0 aliphatic carbocycles. The molecule has 4 aromatic rings. The van der Waals surface area contributed by atoms with E-state index in [1.54, 1.807) is 29.4 Å². The van der Waals surface area contributed by atoms with Gasteiger partial charge in [-0.15, -0.1) is 0 Å². The smallest absolute Gasteiger partial charge is 0.254 e. The van der Waals surface area contributed by atoms with Crippen molar-refractivity contribution in [3.63, 3.8) is 0 Å². The van der Waals surface area contributed by atoms with E-state index in [-0.39, 0.29) is 11.7 Å². The van der Waals surface area contributed by atoms with Gasteiger partial charge in [0, 0.05) is 31.0 Å². The van der Waals surface area contributed by atoms with E-state index in [1.165, 1.54) is 0 Å². The second-order valence-electron chi connectivity index (χ2n) is 7.19. The quantitative estimate of drug-likeness (QED) is 0.549. The molecule has 2 N–H and O–H groups in total. The van der Waals surface area contributed by atoms with Crippen LogP contribution < -0.4 is 0 Å². The van der Waals surface area contributed by atoms with Crippen LogP contribution in [0.25, 0.3) is 33.5 Å². The van der Waals surface area contributed by atoms with E-state index < -0.39 is 0 Å². The predicted molar refractivity (Wildman–Crippen MR) is 113 cm³/mol. The molecular weight excluding hydrogens is 380 g/mol. The number of H-pyrrole nitrogens is 1. The first-order chi connectivity index (χ1) is 14.7. The van der Waals surface area contributed by atoms with Crippen molar-refractivity contribution in [2.24, 2.45) is 0 Å². The molecule has 1 aliphatic rings. The van der Waals surface area contributed by atoms with Gasteiger partial charge in [0.1, 0.15) is 11.6 Å². The molecule has 0 atom stereocenters. The summed E-state index contributed by atoms with van der Waals surface area (Å²) in [7, 11) is 0. The van der Waals surface area contributed by atoms with Crippen LogP contribution in [-0.2, 0) is 4.74 Å². The second-order valence-corrected chi connectivity index (χ2v) is 7.19. The lowest BCUT2D eigenvalue weighted by molar-refractivity contribution is 0.0303. The van der Waals surface area contributed by atoms with Gasteiger partial charge in [-0.2, -0.15) is 0 Å². The Morgan fingerprint density at radius 3 is 2.60 bits per heavy atom. The largest absolute Gasteiger partial charge is 0.507 e. The lowest BCUT2D eigenvalue weighted by Gasteiger charge is -2.26. The first-order valence-electron chi connectivity index (χ1n) is 9.79. The van der Waals surface area contributed by atoms with Crippen LogP contribution in [0.2, 0.25) is 0 Å². The number of pyridine rings is 1. The Labute approximate surface area is 173 Å². The zero-order valence-corrected chi connectivity index (χ0v) is 16.2. The van der Waals surface area contributed by atoms with Crippen molar-refractivity contribution in [2.75, 3.05) is 26.3 Å². The van der Waals surface area contributed by atoms with Crippen LogP contribution in [0.4, 0.5) is 0 Å². The average Bonchev–Trinajstić information content (AvgIpc) is 3.23. The van der Waals surface area contributed by atoms with Gasteiger partial charge >= 0.3 is 0 Å². The van der Waals surface area contributed by atoms with Gasteiger partial charge in [0.2, 0.25) is 0 Å². The van der Waals surface area contributed by atoms with E-state index in [4.69, 9.17) is 4.74 Å². The van der Waals surface area contributed by atoms with Gasteiger partial charge in [-0.1, -0.05) is 6.07 Å². The van der Waals surface area contributed by atoms with Gasteiger partial charge in [0.15, 0.2) is 0 Å². The Balaban J connectivity index is 1.50. The number of ether oxygens (including phenoxy) is 1. The minimum atomic E-state index is -0.0149. The number of benzene rings is 2. The topological polar surface area (TPSA) is 91.3 Å². The van der Waals surface area contributed by atoms with Crippen molar-refractivity contribution in [1.29, 1.82) is 0 Å². The maximum Gasteiger partial charge on any atom is 0.254 e. The van der Waals surface area contributed by atoms with Gasteiger partial charge < -0.3 is 19.7 Å². The van der Waals surface area contributed by atoms with Crippen LogP contribution in [-0.4, -0.2) is 57.2 Å². The summed E-state index contributed by atoms with van der Waals surface area (Å²) in [6.45, 7) is 2.33. The summed E-state index contributed by atoms with van der Waals surface area (Å²) >= 11 is 0. The number of phenolic OH excluding ortho intramolecular Hbond substituents is 1. The van der Waals surface area contributed by atoms with Gasteiger partial charge in [-0.05, 0) is 53.6 Å². The molecule has 5 rings (SSSR count). The van der Waals surface area contributed by atoms with E-state index in [0.29, 0.717) is 43.3 Å². The number of fused-ring (bicyclic) bond motifs is 1. The van der Waals surface area contributed by atoms with Crippen LogP contribution >= 0.6 is 0 Å². The van der Waals surface area contributed by atoms with Crippen LogP contribution in [0.1, 0.15) is 10.4 Å². The summed E-state index contributed by atoms with van der Waals surface area (Å²) in [6.07, 6.45) is 3.46. The number of carbonyl (C=O) groups is 1. The van der Waals surface area contributed by atoms with Gasteiger partial charge in [0.25, 0.3) is 5.91 Å². The van der Waals surface area contributed by atoms with Crippen molar-refractivity contribution in [3.05, 3.63) is 66.5 Å². The summed E-state index contributed by atoms with van der Waals surface area (Å²) in [5.74, 6) is 0.671. The number of phenols is 1. The Hall–Kier alpha value is -3.71. The maximum atomic E-state index is 12.8. The molecule has 0 unspecified atom stereocenters. The van der Waals surface area contributed by atoms with Crippen molar-refractivity contribution >= 4 is 16.9 Å². The minimum Gasteiger partial charge on any atom is -0.507 e. The normalized spacial score (nSPS) is 14.2. The molecule has 30 heavy (non-hydrogen) atoms. The number of nitrogens with one attached hydrogen (secondary N) is 1. The summed E-state index contributed by atoms with van der Waals surface area (Å²) in [6, 6.07) is 14.7. The van der Waals surface area contributed by atoms with E-state index in [2.05, 4.69) is 15.0 Å². The van der Waals surface area contributed by atoms with E-state index in [9.17, 15) is 9.90 Å².